The Bertz CT molecular complexity index is 563. The Kier molecular flexibility index (Phi) is 3.85. The molecule has 1 saturated heterocycles. The summed E-state index contributed by atoms with van der Waals surface area (Å²) in [5.41, 5.74) is 0. The molecule has 0 bridgehead atoms. The van der Waals surface area contributed by atoms with Crippen LogP contribution >= 0.6 is 27.3 Å². The minimum Gasteiger partial charge on any atom is -0.437 e. The molecule has 4 nitrogen and oxygen atoms in total. The van der Waals surface area contributed by atoms with Gasteiger partial charge in [-0.2, -0.15) is 0 Å². The van der Waals surface area contributed by atoms with Crippen LogP contribution in [0.2, 0.25) is 0 Å². The van der Waals surface area contributed by atoms with Gasteiger partial charge in [0.1, 0.15) is 0 Å². The highest BCUT2D eigenvalue weighted by Gasteiger charge is 2.51. The maximum absolute atomic E-state index is 12.4. The molecule has 1 aromatic rings. The zero-order valence-electron chi connectivity index (χ0n) is 9.81. The first-order chi connectivity index (χ1) is 8.37. The lowest BCUT2D eigenvalue weighted by Crippen LogP contribution is -2.43. The van der Waals surface area contributed by atoms with E-state index in [0.717, 1.165) is 10.2 Å². The van der Waals surface area contributed by atoms with Gasteiger partial charge < -0.3 is 4.74 Å². The van der Waals surface area contributed by atoms with Gasteiger partial charge in [-0.05, 0) is 40.9 Å². The number of esters is 1. The van der Waals surface area contributed by atoms with Crippen LogP contribution in [0.3, 0.4) is 0 Å². The summed E-state index contributed by atoms with van der Waals surface area (Å²) in [4.78, 5) is 10.4. The first kappa shape index (κ1) is 14.0. The second-order valence-corrected chi connectivity index (χ2v) is 8.99. The molecule has 0 unspecified atom stereocenters. The fourth-order valence-corrected chi connectivity index (χ4v) is 6.09. The molecule has 0 radical (unpaired) electrons. The second kappa shape index (κ2) is 4.94. The van der Waals surface area contributed by atoms with E-state index < -0.39 is 20.7 Å². The number of hydrogen-bond acceptors (Lipinski definition) is 5. The lowest BCUT2D eigenvalue weighted by Gasteiger charge is -2.34. The van der Waals surface area contributed by atoms with Crippen molar-refractivity contribution in [2.45, 2.75) is 31.1 Å². The summed E-state index contributed by atoms with van der Waals surface area (Å²) in [5, 5.41) is 0. The Hall–Kier alpha value is -0.400. The van der Waals surface area contributed by atoms with Gasteiger partial charge in [0.25, 0.3) is 0 Å². The Morgan fingerprint density at radius 2 is 2.17 bits per heavy atom. The average Bonchev–Trinajstić information content (AvgIpc) is 2.68. The summed E-state index contributed by atoms with van der Waals surface area (Å²) in [6.07, 6.45) is 1.70. The zero-order chi connectivity index (χ0) is 13.4. The number of hydrogen-bond donors (Lipinski definition) is 0. The van der Waals surface area contributed by atoms with Gasteiger partial charge >= 0.3 is 5.97 Å². The molecular weight excluding hydrogens is 340 g/mol. The highest BCUT2D eigenvalue weighted by atomic mass is 79.9. The molecular formula is C11H13BrO4S2. The van der Waals surface area contributed by atoms with E-state index in [0.29, 0.717) is 17.7 Å². The van der Waals surface area contributed by atoms with E-state index in [9.17, 15) is 13.2 Å². The first-order valence-electron chi connectivity index (χ1n) is 5.55. The molecule has 1 atom stereocenters. The van der Waals surface area contributed by atoms with Crippen LogP contribution in [0.25, 0.3) is 0 Å². The third kappa shape index (κ3) is 2.35. The number of ether oxygens (including phenoxy) is 1. The van der Waals surface area contributed by atoms with Crippen molar-refractivity contribution in [1.82, 2.24) is 0 Å². The number of thiophene rings is 1. The number of carbonyl (C=O) groups is 1. The topological polar surface area (TPSA) is 60.4 Å². The maximum Gasteiger partial charge on any atom is 0.304 e. The minimum absolute atomic E-state index is 0.0653. The van der Waals surface area contributed by atoms with Gasteiger partial charge in [0.05, 0.1) is 14.4 Å². The number of halogens is 1. The summed E-state index contributed by atoms with van der Waals surface area (Å²) >= 11 is 4.61. The fraction of sp³-hybridized carbons (Fsp3) is 0.545. The molecule has 1 aliphatic heterocycles. The normalized spacial score (nSPS) is 26.8. The lowest BCUT2D eigenvalue weighted by molar-refractivity contribution is -0.150. The first-order valence-corrected chi connectivity index (χ1v) is 8.81. The molecule has 2 heterocycles. The van der Waals surface area contributed by atoms with E-state index >= 15 is 0 Å². The third-order valence-electron chi connectivity index (χ3n) is 2.93. The SMILES string of the molecule is CC(=O)O[C@@]1(c2ccc(Br)s2)CCCCS1(=O)=O. The van der Waals surface area contributed by atoms with Crippen molar-refractivity contribution in [3.63, 3.8) is 0 Å². The summed E-state index contributed by atoms with van der Waals surface area (Å²) in [6.45, 7) is 1.24. The second-order valence-electron chi connectivity index (χ2n) is 4.23. The molecule has 1 fully saturated rings. The molecule has 1 aliphatic rings. The van der Waals surface area contributed by atoms with Crippen LogP contribution < -0.4 is 0 Å². The number of carbonyl (C=O) groups excluding carboxylic acids is 1. The molecule has 1 aromatic heterocycles. The lowest BCUT2D eigenvalue weighted by atomic mass is 10.1. The molecule has 0 aromatic carbocycles. The van der Waals surface area contributed by atoms with Crippen molar-refractivity contribution in [3.05, 3.63) is 20.8 Å². The van der Waals surface area contributed by atoms with Gasteiger partial charge in [-0.25, -0.2) is 8.42 Å². The van der Waals surface area contributed by atoms with Crippen LogP contribution in [0.15, 0.2) is 15.9 Å². The average molecular weight is 353 g/mol. The van der Waals surface area contributed by atoms with E-state index in [1.165, 1.54) is 18.3 Å². The zero-order valence-corrected chi connectivity index (χ0v) is 13.0. The van der Waals surface area contributed by atoms with Gasteiger partial charge in [0.2, 0.25) is 4.93 Å². The number of rotatable bonds is 2. The van der Waals surface area contributed by atoms with E-state index in [1.807, 2.05) is 0 Å². The van der Waals surface area contributed by atoms with Crippen molar-refractivity contribution in [2.75, 3.05) is 5.75 Å². The molecule has 0 saturated carbocycles. The minimum atomic E-state index is -3.47. The van der Waals surface area contributed by atoms with E-state index in [4.69, 9.17) is 4.74 Å². The van der Waals surface area contributed by atoms with Crippen molar-refractivity contribution < 1.29 is 17.9 Å². The summed E-state index contributed by atoms with van der Waals surface area (Å²) in [7, 11) is -3.47. The van der Waals surface area contributed by atoms with Crippen molar-refractivity contribution in [3.8, 4) is 0 Å². The van der Waals surface area contributed by atoms with E-state index in [2.05, 4.69) is 15.9 Å². The molecule has 0 N–H and O–H groups in total. The summed E-state index contributed by atoms with van der Waals surface area (Å²) < 4.78 is 30.8. The molecule has 0 amide bonds. The van der Waals surface area contributed by atoms with Gasteiger partial charge in [-0.3, -0.25) is 4.79 Å². The van der Waals surface area contributed by atoms with Gasteiger partial charge in [-0.1, -0.05) is 0 Å². The maximum atomic E-state index is 12.4. The summed E-state index contributed by atoms with van der Waals surface area (Å²) in [6, 6.07) is 3.48. The predicted molar refractivity (Wildman–Crippen MR) is 73.1 cm³/mol. The molecule has 18 heavy (non-hydrogen) atoms. The highest BCUT2D eigenvalue weighted by molar-refractivity contribution is 9.11. The Morgan fingerprint density at radius 1 is 1.44 bits per heavy atom. The van der Waals surface area contributed by atoms with E-state index in [1.54, 1.807) is 12.1 Å². The third-order valence-corrected chi connectivity index (χ3v) is 7.16. The molecule has 0 spiro atoms. The fourth-order valence-electron chi connectivity index (χ4n) is 2.16. The largest absolute Gasteiger partial charge is 0.437 e. The van der Waals surface area contributed by atoms with Crippen molar-refractivity contribution in [1.29, 1.82) is 0 Å². The Labute approximate surface area is 118 Å². The van der Waals surface area contributed by atoms with Crippen molar-refractivity contribution >= 4 is 43.1 Å². The van der Waals surface area contributed by atoms with Crippen LogP contribution in [-0.2, 0) is 24.3 Å². The quantitative estimate of drug-likeness (QED) is 0.767. The monoisotopic (exact) mass is 352 g/mol. The molecule has 2 rings (SSSR count). The van der Waals surface area contributed by atoms with Crippen LogP contribution in [0.4, 0.5) is 0 Å². The molecule has 7 heteroatoms. The van der Waals surface area contributed by atoms with Crippen LogP contribution in [-0.4, -0.2) is 20.1 Å². The van der Waals surface area contributed by atoms with Gasteiger partial charge in [-0.15, -0.1) is 11.3 Å². The Balaban J connectivity index is 2.56. The molecule has 0 aliphatic carbocycles. The van der Waals surface area contributed by atoms with Crippen LogP contribution in [0.5, 0.6) is 0 Å². The van der Waals surface area contributed by atoms with Crippen molar-refractivity contribution in [2.24, 2.45) is 0 Å². The van der Waals surface area contributed by atoms with Gasteiger partial charge in [0, 0.05) is 13.3 Å². The van der Waals surface area contributed by atoms with Crippen LogP contribution in [0.1, 0.15) is 31.1 Å². The smallest absolute Gasteiger partial charge is 0.304 e. The standard InChI is InChI=1S/C11H13BrO4S2/c1-8(13)16-11(9-4-5-10(12)17-9)6-2-3-7-18(11,14)15/h4-5H,2-3,6-7H2,1H3/t11-/m0/s1. The Morgan fingerprint density at radius 3 is 2.67 bits per heavy atom. The van der Waals surface area contributed by atoms with Gasteiger partial charge in [0.15, 0.2) is 9.84 Å². The predicted octanol–water partition coefficient (Wildman–Crippen LogP) is 2.83. The van der Waals surface area contributed by atoms with Crippen LogP contribution in [0, 0.1) is 0 Å². The summed E-state index contributed by atoms with van der Waals surface area (Å²) in [5.74, 6) is -0.500. The van der Waals surface area contributed by atoms with E-state index in [-0.39, 0.29) is 5.75 Å². The number of sulfone groups is 1. The molecule has 100 valence electrons. The highest BCUT2D eigenvalue weighted by Crippen LogP contribution is 2.45.